The lowest BCUT2D eigenvalue weighted by Crippen LogP contribution is -2.46. The van der Waals surface area contributed by atoms with Crippen molar-refractivity contribution >= 4 is 15.9 Å². The van der Waals surface area contributed by atoms with Crippen LogP contribution in [0.15, 0.2) is 65.8 Å². The van der Waals surface area contributed by atoms with E-state index in [4.69, 9.17) is 4.74 Å². The van der Waals surface area contributed by atoms with Crippen LogP contribution in [-0.4, -0.2) is 63.5 Å². The molecule has 1 saturated heterocycles. The monoisotopic (exact) mass is 439 g/mol. The maximum Gasteiger partial charge on any atom is 0.272 e. The number of rotatable bonds is 3. The zero-order valence-corrected chi connectivity index (χ0v) is 17.6. The van der Waals surface area contributed by atoms with Gasteiger partial charge in [0.25, 0.3) is 5.91 Å². The van der Waals surface area contributed by atoms with Gasteiger partial charge in [-0.2, -0.15) is 9.40 Å². The Hall–Kier alpha value is -3.24. The van der Waals surface area contributed by atoms with E-state index in [2.05, 4.69) is 10.1 Å². The Bertz CT molecular complexity index is 1230. The minimum Gasteiger partial charge on any atom is -0.470 e. The molecule has 2 aromatic heterocycles. The SMILES string of the molecule is Cn1nccc1C(=O)N1C[C@H]2Oc3ncccc3S(=O)(=O)N(Cc3ccccc3)[C@H]2C1. The highest BCUT2D eigenvalue weighted by molar-refractivity contribution is 7.89. The minimum atomic E-state index is -3.89. The molecule has 0 N–H and O–H groups in total. The molecule has 5 rings (SSSR count). The second-order valence-corrected chi connectivity index (χ2v) is 9.48. The zero-order valence-electron chi connectivity index (χ0n) is 16.8. The summed E-state index contributed by atoms with van der Waals surface area (Å²) in [6, 6.07) is 13.6. The number of carbonyl (C=O) groups excluding carboxylic acids is 1. The van der Waals surface area contributed by atoms with E-state index in [1.54, 1.807) is 30.3 Å². The maximum atomic E-state index is 13.6. The molecule has 3 aromatic rings. The van der Waals surface area contributed by atoms with Crippen molar-refractivity contribution in [3.8, 4) is 5.88 Å². The largest absolute Gasteiger partial charge is 0.470 e. The highest BCUT2D eigenvalue weighted by atomic mass is 32.2. The summed E-state index contributed by atoms with van der Waals surface area (Å²) in [5.41, 5.74) is 1.29. The first kappa shape index (κ1) is 19.7. The number of ether oxygens (including phenoxy) is 1. The van der Waals surface area contributed by atoms with Crippen LogP contribution in [-0.2, 0) is 23.6 Å². The first-order valence-electron chi connectivity index (χ1n) is 9.90. The summed E-state index contributed by atoms with van der Waals surface area (Å²) in [4.78, 5) is 18.9. The summed E-state index contributed by atoms with van der Waals surface area (Å²) in [6.45, 7) is 0.649. The number of carbonyl (C=O) groups is 1. The van der Waals surface area contributed by atoms with E-state index in [-0.39, 0.29) is 36.3 Å². The number of sulfonamides is 1. The van der Waals surface area contributed by atoms with Crippen LogP contribution >= 0.6 is 0 Å². The molecule has 9 nitrogen and oxygen atoms in total. The van der Waals surface area contributed by atoms with Gasteiger partial charge in [-0.25, -0.2) is 13.4 Å². The number of benzene rings is 1. The van der Waals surface area contributed by atoms with E-state index in [1.165, 1.54) is 21.3 Å². The molecule has 0 bridgehead atoms. The average molecular weight is 439 g/mol. The normalized spacial score (nSPS) is 22.3. The molecular formula is C21H21N5O4S. The van der Waals surface area contributed by atoms with Gasteiger partial charge in [-0.1, -0.05) is 30.3 Å². The number of fused-ring (bicyclic) bond motifs is 2. The zero-order chi connectivity index (χ0) is 21.6. The van der Waals surface area contributed by atoms with Gasteiger partial charge in [-0.05, 0) is 23.8 Å². The number of likely N-dealkylation sites (tertiary alicyclic amines) is 1. The van der Waals surface area contributed by atoms with Crippen molar-refractivity contribution in [1.82, 2.24) is 24.0 Å². The molecule has 2 atom stereocenters. The van der Waals surface area contributed by atoms with Crippen LogP contribution in [0.1, 0.15) is 16.1 Å². The molecular weight excluding hydrogens is 418 g/mol. The smallest absolute Gasteiger partial charge is 0.272 e. The molecule has 4 heterocycles. The standard InChI is InChI=1S/C21H21N5O4S/c1-24-16(9-11-23-24)21(27)25-13-17-18(14-25)30-20-19(8-5-10-22-20)31(28,29)26(17)12-15-6-3-2-4-7-15/h2-11,17-18H,12-14H2,1H3/t17-,18+/m0/s1. The molecule has 2 aliphatic rings. The maximum absolute atomic E-state index is 13.6. The second kappa shape index (κ2) is 7.47. The van der Waals surface area contributed by atoms with E-state index >= 15 is 0 Å². The third-order valence-electron chi connectivity index (χ3n) is 5.70. The van der Waals surface area contributed by atoms with Crippen molar-refractivity contribution < 1.29 is 17.9 Å². The predicted octanol–water partition coefficient (Wildman–Crippen LogP) is 1.29. The molecule has 31 heavy (non-hydrogen) atoms. The van der Waals surface area contributed by atoms with Gasteiger partial charge in [-0.15, -0.1) is 0 Å². The van der Waals surface area contributed by atoms with Crippen LogP contribution in [0.2, 0.25) is 0 Å². The number of pyridine rings is 1. The number of nitrogens with zero attached hydrogens (tertiary/aromatic N) is 5. The lowest BCUT2D eigenvalue weighted by atomic mass is 10.1. The van der Waals surface area contributed by atoms with Gasteiger partial charge < -0.3 is 9.64 Å². The van der Waals surface area contributed by atoms with Crippen molar-refractivity contribution in [2.75, 3.05) is 13.1 Å². The fourth-order valence-corrected chi connectivity index (χ4v) is 5.84. The Kier molecular flexibility index (Phi) is 4.75. The van der Waals surface area contributed by atoms with Crippen LogP contribution in [0.4, 0.5) is 0 Å². The molecule has 0 spiro atoms. The average Bonchev–Trinajstić information content (AvgIpc) is 3.37. The third-order valence-corrected chi connectivity index (χ3v) is 7.59. The molecule has 1 amide bonds. The van der Waals surface area contributed by atoms with Crippen molar-refractivity contribution in [2.24, 2.45) is 7.05 Å². The number of aryl methyl sites for hydroxylation is 1. The highest BCUT2D eigenvalue weighted by Crippen LogP contribution is 2.36. The Balaban J connectivity index is 1.54. The van der Waals surface area contributed by atoms with E-state index < -0.39 is 22.2 Å². The highest BCUT2D eigenvalue weighted by Gasteiger charge is 2.48. The van der Waals surface area contributed by atoms with E-state index in [0.717, 1.165) is 5.56 Å². The Labute approximate surface area is 179 Å². The van der Waals surface area contributed by atoms with Gasteiger partial charge >= 0.3 is 0 Å². The van der Waals surface area contributed by atoms with Gasteiger partial charge in [0, 0.05) is 32.5 Å². The van der Waals surface area contributed by atoms with Gasteiger partial charge in [0.1, 0.15) is 16.7 Å². The van der Waals surface area contributed by atoms with Crippen molar-refractivity contribution in [2.45, 2.75) is 23.6 Å². The summed E-state index contributed by atoms with van der Waals surface area (Å²) >= 11 is 0. The number of amides is 1. The first-order chi connectivity index (χ1) is 14.9. The molecule has 0 unspecified atom stereocenters. The number of aromatic nitrogens is 3. The lowest BCUT2D eigenvalue weighted by molar-refractivity contribution is 0.0759. The summed E-state index contributed by atoms with van der Waals surface area (Å²) in [5.74, 6) is -0.141. The summed E-state index contributed by atoms with van der Waals surface area (Å²) in [5, 5.41) is 4.06. The topological polar surface area (TPSA) is 97.6 Å². The van der Waals surface area contributed by atoms with E-state index in [1.807, 2.05) is 30.3 Å². The minimum absolute atomic E-state index is 0.0462. The van der Waals surface area contributed by atoms with Crippen LogP contribution in [0.25, 0.3) is 0 Å². The Morgan fingerprint density at radius 3 is 2.65 bits per heavy atom. The second-order valence-electron chi connectivity index (χ2n) is 7.62. The van der Waals surface area contributed by atoms with Crippen LogP contribution in [0, 0.1) is 0 Å². The van der Waals surface area contributed by atoms with Crippen LogP contribution in [0.3, 0.4) is 0 Å². The molecule has 0 aliphatic carbocycles. The lowest BCUT2D eigenvalue weighted by Gasteiger charge is -2.28. The molecule has 0 radical (unpaired) electrons. The number of hydrogen-bond acceptors (Lipinski definition) is 6. The van der Waals surface area contributed by atoms with Gasteiger partial charge in [0.2, 0.25) is 15.9 Å². The molecule has 160 valence electrons. The fourth-order valence-electron chi connectivity index (χ4n) is 4.14. The quantitative estimate of drug-likeness (QED) is 0.610. The predicted molar refractivity (Wildman–Crippen MR) is 111 cm³/mol. The summed E-state index contributed by atoms with van der Waals surface area (Å²) in [6.07, 6.45) is 2.53. The Morgan fingerprint density at radius 1 is 1.10 bits per heavy atom. The van der Waals surface area contributed by atoms with Crippen molar-refractivity contribution in [3.05, 3.63) is 72.2 Å². The summed E-state index contributed by atoms with van der Waals surface area (Å²) in [7, 11) is -2.19. The van der Waals surface area contributed by atoms with Gasteiger partial charge in [-0.3, -0.25) is 9.48 Å². The third kappa shape index (κ3) is 3.37. The molecule has 2 aliphatic heterocycles. The molecule has 0 saturated carbocycles. The fraction of sp³-hybridized carbons (Fsp3) is 0.286. The van der Waals surface area contributed by atoms with E-state index in [0.29, 0.717) is 5.69 Å². The van der Waals surface area contributed by atoms with Crippen LogP contribution < -0.4 is 4.74 Å². The first-order valence-corrected chi connectivity index (χ1v) is 11.3. The van der Waals surface area contributed by atoms with Crippen molar-refractivity contribution in [3.63, 3.8) is 0 Å². The number of hydrogen-bond donors (Lipinski definition) is 0. The molecule has 1 aromatic carbocycles. The summed E-state index contributed by atoms with van der Waals surface area (Å²) < 4.78 is 36.3. The van der Waals surface area contributed by atoms with E-state index in [9.17, 15) is 13.2 Å². The van der Waals surface area contributed by atoms with Crippen LogP contribution in [0.5, 0.6) is 5.88 Å². The molecule has 1 fully saturated rings. The van der Waals surface area contributed by atoms with Gasteiger partial charge in [0.05, 0.1) is 12.6 Å². The van der Waals surface area contributed by atoms with Gasteiger partial charge in [0.15, 0.2) is 0 Å². The Morgan fingerprint density at radius 2 is 1.90 bits per heavy atom. The van der Waals surface area contributed by atoms with Crippen molar-refractivity contribution in [1.29, 1.82) is 0 Å². The molecule has 10 heteroatoms.